The fourth-order valence-electron chi connectivity index (χ4n) is 3.05. The number of aliphatic carboxylic acids is 1. The first-order valence-electron chi connectivity index (χ1n) is 9.42. The molecule has 0 fully saturated rings. The second-order valence-electron chi connectivity index (χ2n) is 6.85. The van der Waals surface area contributed by atoms with Gasteiger partial charge in [0.05, 0.1) is 28.9 Å². The summed E-state index contributed by atoms with van der Waals surface area (Å²) in [5.41, 5.74) is 2.18. The number of benzene rings is 2. The highest BCUT2D eigenvalue weighted by Gasteiger charge is 2.14. The molecule has 3 rings (SSSR count). The lowest BCUT2D eigenvalue weighted by atomic mass is 10.1. The molecule has 0 spiro atoms. The number of sulfonamides is 1. The number of rotatable bonds is 8. The monoisotopic (exact) mass is 441 g/mol. The maximum atomic E-state index is 13.0. The van der Waals surface area contributed by atoms with Gasteiger partial charge in [-0.15, -0.1) is 0 Å². The predicted molar refractivity (Wildman–Crippen MR) is 117 cm³/mol. The Balaban J connectivity index is 2.02. The quantitative estimate of drug-likeness (QED) is 0.505. The van der Waals surface area contributed by atoms with E-state index in [0.717, 1.165) is 18.2 Å². The van der Waals surface area contributed by atoms with Crippen molar-refractivity contribution in [1.82, 2.24) is 9.78 Å². The van der Waals surface area contributed by atoms with Crippen molar-refractivity contribution in [2.75, 3.05) is 11.0 Å². The second kappa shape index (κ2) is 9.00. The SMILES string of the molecule is CCc1ccccc1N=Cc1c(CC(=O)[O-])[nH]n(-c2ccc(NS(C)(=O)=O)cc2)c1=O. The lowest BCUT2D eigenvalue weighted by molar-refractivity contribution is -0.304. The summed E-state index contributed by atoms with van der Waals surface area (Å²) in [6.07, 6.45) is 2.64. The van der Waals surface area contributed by atoms with Crippen LogP contribution in [0.3, 0.4) is 0 Å². The van der Waals surface area contributed by atoms with Crippen LogP contribution in [-0.4, -0.2) is 36.6 Å². The smallest absolute Gasteiger partial charge is 0.280 e. The van der Waals surface area contributed by atoms with Gasteiger partial charge in [0.15, 0.2) is 0 Å². The molecule has 0 radical (unpaired) electrons. The summed E-state index contributed by atoms with van der Waals surface area (Å²) in [6, 6.07) is 13.5. The number of aromatic nitrogens is 2. The third kappa shape index (κ3) is 5.48. The first-order valence-corrected chi connectivity index (χ1v) is 11.3. The minimum Gasteiger partial charge on any atom is -0.550 e. The molecule has 10 heteroatoms. The van der Waals surface area contributed by atoms with Crippen molar-refractivity contribution in [1.29, 1.82) is 0 Å². The number of carbonyl (C=O) groups is 1. The Morgan fingerprint density at radius 2 is 1.87 bits per heavy atom. The number of hydrogen-bond acceptors (Lipinski definition) is 6. The van der Waals surface area contributed by atoms with E-state index in [1.54, 1.807) is 0 Å². The van der Waals surface area contributed by atoms with Gasteiger partial charge in [0, 0.05) is 24.3 Å². The first-order chi connectivity index (χ1) is 14.7. The molecule has 0 bridgehead atoms. The number of aryl methyl sites for hydroxylation is 1. The third-order valence-electron chi connectivity index (χ3n) is 4.46. The number of nitrogens with one attached hydrogen (secondary N) is 2. The highest BCUT2D eigenvalue weighted by molar-refractivity contribution is 7.92. The number of para-hydroxylation sites is 1. The van der Waals surface area contributed by atoms with Gasteiger partial charge in [-0.3, -0.25) is 19.6 Å². The molecule has 0 unspecified atom stereocenters. The standard InChI is InChI=1S/C21H22N4O5S/c1-3-14-6-4-5-7-18(14)22-13-17-19(12-20(26)27)23-25(21(17)28)16-10-8-15(9-11-16)24-31(2,29)30/h4-11,13,23-24H,3,12H2,1-2H3,(H,26,27)/p-1. The minimum absolute atomic E-state index is 0.105. The van der Waals surface area contributed by atoms with Crippen molar-refractivity contribution < 1.29 is 18.3 Å². The molecular weight excluding hydrogens is 420 g/mol. The van der Waals surface area contributed by atoms with Gasteiger partial charge in [0.25, 0.3) is 5.56 Å². The van der Waals surface area contributed by atoms with Crippen LogP contribution in [-0.2, 0) is 27.7 Å². The van der Waals surface area contributed by atoms with E-state index in [1.807, 2.05) is 31.2 Å². The van der Waals surface area contributed by atoms with Gasteiger partial charge >= 0.3 is 0 Å². The van der Waals surface area contributed by atoms with Crippen LogP contribution >= 0.6 is 0 Å². The molecule has 0 saturated carbocycles. The minimum atomic E-state index is -3.43. The van der Waals surface area contributed by atoms with Crippen LogP contribution in [0.2, 0.25) is 0 Å². The molecule has 2 N–H and O–H groups in total. The number of hydrogen-bond donors (Lipinski definition) is 2. The Bertz CT molecular complexity index is 1290. The molecule has 162 valence electrons. The molecule has 0 aliphatic heterocycles. The number of anilines is 1. The average molecular weight is 441 g/mol. The zero-order valence-corrected chi connectivity index (χ0v) is 17.8. The predicted octanol–water partition coefficient (Wildman–Crippen LogP) is 1.14. The van der Waals surface area contributed by atoms with E-state index in [-0.39, 0.29) is 11.3 Å². The lowest BCUT2D eigenvalue weighted by Crippen LogP contribution is -2.25. The van der Waals surface area contributed by atoms with Crippen molar-refractivity contribution >= 4 is 33.6 Å². The van der Waals surface area contributed by atoms with Gasteiger partial charge in [0.2, 0.25) is 10.0 Å². The van der Waals surface area contributed by atoms with Gasteiger partial charge in [-0.1, -0.05) is 25.1 Å². The summed E-state index contributed by atoms with van der Waals surface area (Å²) in [6.45, 7) is 1.99. The van der Waals surface area contributed by atoms with Crippen LogP contribution in [0, 0.1) is 0 Å². The molecule has 31 heavy (non-hydrogen) atoms. The Morgan fingerprint density at radius 1 is 1.19 bits per heavy atom. The van der Waals surface area contributed by atoms with Crippen molar-refractivity contribution in [2.45, 2.75) is 19.8 Å². The molecule has 0 atom stereocenters. The number of aliphatic imine (C=N–C) groups is 1. The molecule has 1 heterocycles. The lowest BCUT2D eigenvalue weighted by Gasteiger charge is -2.06. The summed E-state index contributed by atoms with van der Waals surface area (Å²) >= 11 is 0. The topological polar surface area (TPSA) is 136 Å². The normalized spacial score (nSPS) is 11.7. The van der Waals surface area contributed by atoms with E-state index in [4.69, 9.17) is 0 Å². The Kier molecular flexibility index (Phi) is 6.40. The van der Waals surface area contributed by atoms with Crippen molar-refractivity contribution in [3.63, 3.8) is 0 Å². The van der Waals surface area contributed by atoms with Crippen LogP contribution in [0.15, 0.2) is 58.3 Å². The summed E-state index contributed by atoms with van der Waals surface area (Å²) in [4.78, 5) is 28.5. The molecule has 0 amide bonds. The zero-order valence-electron chi connectivity index (χ0n) is 17.0. The molecule has 0 saturated heterocycles. The van der Waals surface area contributed by atoms with Gasteiger partial charge in [0.1, 0.15) is 0 Å². The van der Waals surface area contributed by atoms with Crippen molar-refractivity contribution in [3.05, 3.63) is 75.7 Å². The average Bonchev–Trinajstić information content (AvgIpc) is 3.00. The Hall–Kier alpha value is -3.66. The summed E-state index contributed by atoms with van der Waals surface area (Å²) < 4.78 is 26.2. The van der Waals surface area contributed by atoms with Crippen LogP contribution in [0.25, 0.3) is 5.69 Å². The fraction of sp³-hybridized carbons (Fsp3) is 0.190. The summed E-state index contributed by atoms with van der Waals surface area (Å²) in [5, 5.41) is 14.0. The second-order valence-corrected chi connectivity index (χ2v) is 8.60. The van der Waals surface area contributed by atoms with Crippen LogP contribution < -0.4 is 15.4 Å². The van der Waals surface area contributed by atoms with Crippen LogP contribution in [0.1, 0.15) is 23.7 Å². The molecule has 0 aliphatic rings. The molecule has 0 aliphatic carbocycles. The third-order valence-corrected chi connectivity index (χ3v) is 5.07. The van der Waals surface area contributed by atoms with Crippen molar-refractivity contribution in [3.8, 4) is 5.69 Å². The number of nitrogens with zero attached hydrogens (tertiary/aromatic N) is 2. The first kappa shape index (κ1) is 22.0. The maximum absolute atomic E-state index is 13.0. The van der Waals surface area contributed by atoms with Crippen molar-refractivity contribution in [2.24, 2.45) is 4.99 Å². The van der Waals surface area contributed by atoms with Gasteiger partial charge in [-0.25, -0.2) is 13.1 Å². The van der Waals surface area contributed by atoms with E-state index in [2.05, 4.69) is 14.8 Å². The molecule has 1 aromatic heterocycles. The molecular formula is C21H21N4O5S-. The summed E-state index contributed by atoms with van der Waals surface area (Å²) in [7, 11) is -3.43. The molecule has 9 nitrogen and oxygen atoms in total. The highest BCUT2D eigenvalue weighted by Crippen LogP contribution is 2.19. The largest absolute Gasteiger partial charge is 0.550 e. The highest BCUT2D eigenvalue weighted by atomic mass is 32.2. The summed E-state index contributed by atoms with van der Waals surface area (Å²) in [5.74, 6) is -1.34. The number of H-pyrrole nitrogens is 1. The van der Waals surface area contributed by atoms with E-state index < -0.39 is 28.0 Å². The zero-order chi connectivity index (χ0) is 22.6. The number of carboxylic acid groups (broad SMARTS) is 1. The Morgan fingerprint density at radius 3 is 2.48 bits per heavy atom. The van der Waals surface area contributed by atoms with Crippen LogP contribution in [0.4, 0.5) is 11.4 Å². The fourth-order valence-corrected chi connectivity index (χ4v) is 3.62. The number of carboxylic acids is 1. The van der Waals surface area contributed by atoms with E-state index in [1.165, 1.54) is 35.2 Å². The molecule has 2 aromatic carbocycles. The number of aromatic amines is 1. The van der Waals surface area contributed by atoms with E-state index in [0.29, 0.717) is 17.1 Å². The van der Waals surface area contributed by atoms with E-state index in [9.17, 15) is 23.1 Å². The van der Waals surface area contributed by atoms with Gasteiger partial charge in [-0.05, 0) is 42.3 Å². The Labute approximate surface area is 179 Å². The van der Waals surface area contributed by atoms with Crippen LogP contribution in [0.5, 0.6) is 0 Å². The van der Waals surface area contributed by atoms with E-state index >= 15 is 0 Å². The molecule has 3 aromatic rings. The maximum Gasteiger partial charge on any atom is 0.280 e. The van der Waals surface area contributed by atoms with Gasteiger partial charge in [-0.2, -0.15) is 0 Å². The number of carbonyl (C=O) groups excluding carboxylic acids is 1. The van der Waals surface area contributed by atoms with Gasteiger partial charge < -0.3 is 9.90 Å².